The molecule has 6 nitrogen and oxygen atoms in total. The van der Waals surface area contributed by atoms with E-state index in [0.717, 1.165) is 41.5 Å². The molecule has 1 aromatic heterocycles. The highest BCUT2D eigenvalue weighted by Crippen LogP contribution is 2.21. The Hall–Kier alpha value is -1.60. The largest absolute Gasteiger partial charge is 0.350 e. The van der Waals surface area contributed by atoms with Crippen molar-refractivity contribution in [2.45, 2.75) is 45.3 Å². The number of fused-ring (bicyclic) bond motifs is 1. The van der Waals surface area contributed by atoms with Crippen LogP contribution in [0.25, 0.3) is 0 Å². The van der Waals surface area contributed by atoms with Gasteiger partial charge >= 0.3 is 5.69 Å². The number of halogens is 2. The Morgan fingerprint density at radius 3 is 2.96 bits per heavy atom. The average molecular weight is 414 g/mol. The average Bonchev–Trinajstić information content (AvgIpc) is 2.72. The van der Waals surface area contributed by atoms with Crippen molar-refractivity contribution >= 4 is 33.4 Å². The highest BCUT2D eigenvalue weighted by molar-refractivity contribution is 9.10. The summed E-state index contributed by atoms with van der Waals surface area (Å²) in [5.74, 6) is 0.519. The van der Waals surface area contributed by atoms with E-state index in [-0.39, 0.29) is 18.1 Å². The van der Waals surface area contributed by atoms with Gasteiger partial charge in [-0.25, -0.2) is 9.48 Å². The summed E-state index contributed by atoms with van der Waals surface area (Å²) in [7, 11) is 0. The van der Waals surface area contributed by atoms with Crippen molar-refractivity contribution in [1.29, 1.82) is 0 Å². The first-order chi connectivity index (χ1) is 11.5. The number of rotatable bonds is 4. The summed E-state index contributed by atoms with van der Waals surface area (Å²) < 4.78 is 3.82. The van der Waals surface area contributed by atoms with Gasteiger partial charge in [0.2, 0.25) is 5.91 Å². The molecule has 0 spiro atoms. The molecule has 3 rings (SSSR count). The van der Waals surface area contributed by atoms with Crippen molar-refractivity contribution in [1.82, 2.24) is 19.7 Å². The Kier molecular flexibility index (Phi) is 5.40. The maximum absolute atomic E-state index is 12.3. The molecule has 0 bridgehead atoms. The van der Waals surface area contributed by atoms with Crippen molar-refractivity contribution in [3.8, 4) is 0 Å². The quantitative estimate of drug-likeness (QED) is 0.837. The molecule has 0 saturated heterocycles. The monoisotopic (exact) mass is 412 g/mol. The lowest BCUT2D eigenvalue weighted by Crippen LogP contribution is -2.33. The number of amides is 1. The van der Waals surface area contributed by atoms with Gasteiger partial charge in [0, 0.05) is 29.0 Å². The number of aromatic nitrogens is 3. The Bertz CT molecular complexity index is 815. The molecule has 24 heavy (non-hydrogen) atoms. The molecule has 128 valence electrons. The second-order valence-corrected chi connectivity index (χ2v) is 7.15. The zero-order chi connectivity index (χ0) is 17.1. The highest BCUT2D eigenvalue weighted by atomic mass is 79.9. The molecule has 1 aromatic carbocycles. The standard InChI is InChI=1S/C16H18BrClN4O2/c17-12-6-5-11(13(18)8-12)9-19-15(23)10-22-16(24)21-7-3-1-2-4-14(21)20-22/h5-6,8H,1-4,7,9-10H2,(H,19,23). The fourth-order valence-corrected chi connectivity index (χ4v) is 3.52. The Morgan fingerprint density at radius 1 is 1.33 bits per heavy atom. The molecule has 2 heterocycles. The number of hydrogen-bond acceptors (Lipinski definition) is 3. The van der Waals surface area contributed by atoms with E-state index in [1.807, 2.05) is 12.1 Å². The summed E-state index contributed by atoms with van der Waals surface area (Å²) in [5.41, 5.74) is 0.616. The number of carbonyl (C=O) groups excluding carboxylic acids is 1. The maximum Gasteiger partial charge on any atom is 0.346 e. The first kappa shape index (κ1) is 17.2. The number of carbonyl (C=O) groups is 1. The Morgan fingerprint density at radius 2 is 2.17 bits per heavy atom. The van der Waals surface area contributed by atoms with E-state index in [0.29, 0.717) is 18.1 Å². The van der Waals surface area contributed by atoms with E-state index in [1.54, 1.807) is 10.6 Å². The molecule has 1 N–H and O–H groups in total. The van der Waals surface area contributed by atoms with Gasteiger partial charge in [0.25, 0.3) is 0 Å². The lowest BCUT2D eigenvalue weighted by molar-refractivity contribution is -0.122. The molecule has 0 aliphatic carbocycles. The minimum atomic E-state index is -0.260. The molecular formula is C16H18BrClN4O2. The predicted octanol–water partition coefficient (Wildman–Crippen LogP) is 2.50. The summed E-state index contributed by atoms with van der Waals surface area (Å²) in [5, 5.41) is 7.67. The van der Waals surface area contributed by atoms with Crippen LogP contribution in [-0.4, -0.2) is 20.3 Å². The predicted molar refractivity (Wildman–Crippen MR) is 95.0 cm³/mol. The molecule has 1 aliphatic rings. The third-order valence-electron chi connectivity index (χ3n) is 4.07. The van der Waals surface area contributed by atoms with Gasteiger partial charge in [-0.1, -0.05) is 40.0 Å². The van der Waals surface area contributed by atoms with Crippen molar-refractivity contribution in [3.05, 3.63) is 49.6 Å². The third-order valence-corrected chi connectivity index (χ3v) is 4.91. The number of aryl methyl sites for hydroxylation is 1. The molecule has 2 aromatic rings. The molecular weight excluding hydrogens is 396 g/mol. The second-order valence-electron chi connectivity index (χ2n) is 5.83. The van der Waals surface area contributed by atoms with Crippen molar-refractivity contribution in [2.75, 3.05) is 0 Å². The first-order valence-electron chi connectivity index (χ1n) is 7.92. The van der Waals surface area contributed by atoms with Gasteiger partial charge in [0.05, 0.1) is 0 Å². The van der Waals surface area contributed by atoms with Crippen LogP contribution >= 0.6 is 27.5 Å². The number of nitrogens with one attached hydrogen (secondary N) is 1. The zero-order valence-electron chi connectivity index (χ0n) is 13.1. The van der Waals surface area contributed by atoms with Crippen LogP contribution in [0.3, 0.4) is 0 Å². The summed E-state index contributed by atoms with van der Waals surface area (Å²) in [6.07, 6.45) is 3.91. The SMILES string of the molecule is O=C(Cn1nc2n(c1=O)CCCCC2)NCc1ccc(Br)cc1Cl. The third kappa shape index (κ3) is 3.89. The summed E-state index contributed by atoms with van der Waals surface area (Å²) >= 11 is 9.47. The van der Waals surface area contributed by atoms with Gasteiger partial charge in [-0.3, -0.25) is 9.36 Å². The Labute approximate surface area is 152 Å². The van der Waals surface area contributed by atoms with E-state index >= 15 is 0 Å². The van der Waals surface area contributed by atoms with Crippen LogP contribution < -0.4 is 11.0 Å². The van der Waals surface area contributed by atoms with E-state index in [4.69, 9.17) is 11.6 Å². The van der Waals surface area contributed by atoms with Crippen LogP contribution in [0.1, 0.15) is 30.7 Å². The molecule has 0 unspecified atom stereocenters. The van der Waals surface area contributed by atoms with E-state index < -0.39 is 0 Å². The van der Waals surface area contributed by atoms with E-state index in [9.17, 15) is 9.59 Å². The number of nitrogens with zero attached hydrogens (tertiary/aromatic N) is 3. The van der Waals surface area contributed by atoms with Gasteiger partial charge in [-0.05, 0) is 30.5 Å². The van der Waals surface area contributed by atoms with Gasteiger partial charge in [0.1, 0.15) is 12.4 Å². The molecule has 0 atom stereocenters. The molecule has 0 saturated carbocycles. The summed E-state index contributed by atoms with van der Waals surface area (Å²) in [6.45, 7) is 0.921. The molecule has 0 fully saturated rings. The molecule has 1 aliphatic heterocycles. The molecule has 8 heteroatoms. The van der Waals surface area contributed by atoms with Crippen molar-refractivity contribution in [2.24, 2.45) is 0 Å². The lowest BCUT2D eigenvalue weighted by atomic mass is 10.2. The van der Waals surface area contributed by atoms with Crippen molar-refractivity contribution < 1.29 is 4.79 Å². The maximum atomic E-state index is 12.3. The van der Waals surface area contributed by atoms with Gasteiger partial charge in [-0.2, -0.15) is 5.10 Å². The van der Waals surface area contributed by atoms with Crippen LogP contribution in [-0.2, 0) is 30.8 Å². The fourth-order valence-electron chi connectivity index (χ4n) is 2.78. The Balaban J connectivity index is 1.64. The van der Waals surface area contributed by atoms with E-state index in [2.05, 4.69) is 26.3 Å². The van der Waals surface area contributed by atoms with Crippen molar-refractivity contribution in [3.63, 3.8) is 0 Å². The van der Waals surface area contributed by atoms with Crippen LogP contribution in [0.4, 0.5) is 0 Å². The van der Waals surface area contributed by atoms with Crippen LogP contribution in [0.5, 0.6) is 0 Å². The number of benzene rings is 1. The first-order valence-corrected chi connectivity index (χ1v) is 9.09. The normalized spacial score (nSPS) is 14.1. The summed E-state index contributed by atoms with van der Waals surface area (Å²) in [4.78, 5) is 24.4. The highest BCUT2D eigenvalue weighted by Gasteiger charge is 2.17. The van der Waals surface area contributed by atoms with Crippen LogP contribution in [0.15, 0.2) is 27.5 Å². The van der Waals surface area contributed by atoms with Crippen LogP contribution in [0, 0.1) is 0 Å². The van der Waals surface area contributed by atoms with E-state index in [1.165, 1.54) is 4.68 Å². The van der Waals surface area contributed by atoms with Gasteiger partial charge in [0.15, 0.2) is 0 Å². The van der Waals surface area contributed by atoms with Crippen LogP contribution in [0.2, 0.25) is 5.02 Å². The fraction of sp³-hybridized carbons (Fsp3) is 0.438. The lowest BCUT2D eigenvalue weighted by Gasteiger charge is -2.07. The minimum Gasteiger partial charge on any atom is -0.350 e. The zero-order valence-corrected chi connectivity index (χ0v) is 15.4. The molecule has 0 radical (unpaired) electrons. The second kappa shape index (κ2) is 7.53. The minimum absolute atomic E-state index is 0.0764. The summed E-state index contributed by atoms with van der Waals surface area (Å²) in [6, 6.07) is 5.49. The topological polar surface area (TPSA) is 68.9 Å². The smallest absolute Gasteiger partial charge is 0.346 e. The van der Waals surface area contributed by atoms with Gasteiger partial charge < -0.3 is 5.32 Å². The number of hydrogen-bond donors (Lipinski definition) is 1. The van der Waals surface area contributed by atoms with Gasteiger partial charge in [-0.15, -0.1) is 0 Å². The molecule has 1 amide bonds.